The van der Waals surface area contributed by atoms with Crippen molar-refractivity contribution >= 4 is 22.7 Å². The molecule has 7 nitrogen and oxygen atoms in total. The van der Waals surface area contributed by atoms with Gasteiger partial charge in [0.2, 0.25) is 0 Å². The molecule has 1 aromatic heterocycles. The number of hydrogen-bond donors (Lipinski definition) is 1. The molecular formula is C24H32N2O5. The second kappa shape index (κ2) is 10.1. The van der Waals surface area contributed by atoms with Crippen LogP contribution in [0.4, 0.5) is 0 Å². The zero-order valence-corrected chi connectivity index (χ0v) is 19.0. The number of carbonyl (C=O) groups is 2. The Morgan fingerprint density at radius 3 is 2.48 bits per heavy atom. The fourth-order valence-electron chi connectivity index (χ4n) is 4.08. The number of nitrogens with one attached hydrogen (secondary N) is 1. The molecule has 2 heterocycles. The molecule has 0 spiro atoms. The van der Waals surface area contributed by atoms with Crippen LogP contribution in [0.2, 0.25) is 0 Å². The molecule has 2 unspecified atom stereocenters. The molecule has 0 radical (unpaired) electrons. The zero-order valence-electron chi connectivity index (χ0n) is 19.0. The third-order valence-corrected chi connectivity index (χ3v) is 5.88. The van der Waals surface area contributed by atoms with E-state index in [0.717, 1.165) is 35.9 Å². The van der Waals surface area contributed by atoms with Gasteiger partial charge in [0.25, 0.3) is 0 Å². The Bertz CT molecular complexity index is 955. The molecule has 1 aromatic carbocycles. The van der Waals surface area contributed by atoms with Crippen LogP contribution in [0.5, 0.6) is 11.5 Å². The van der Waals surface area contributed by atoms with Crippen molar-refractivity contribution in [2.75, 3.05) is 20.8 Å². The number of methoxy groups -OCH3 is 2. The molecule has 2 aliphatic rings. The Morgan fingerprint density at radius 1 is 1.16 bits per heavy atom. The van der Waals surface area contributed by atoms with E-state index in [1.807, 2.05) is 32.0 Å². The topological polar surface area (TPSA) is 86.8 Å². The molecule has 0 bridgehead atoms. The quantitative estimate of drug-likeness (QED) is 0.549. The lowest BCUT2D eigenvalue weighted by molar-refractivity contribution is -0.142. The van der Waals surface area contributed by atoms with Crippen molar-refractivity contribution in [3.63, 3.8) is 0 Å². The fourth-order valence-corrected chi connectivity index (χ4v) is 4.08. The van der Waals surface area contributed by atoms with Gasteiger partial charge in [-0.05, 0) is 38.0 Å². The summed E-state index contributed by atoms with van der Waals surface area (Å²) >= 11 is 0. The van der Waals surface area contributed by atoms with Crippen molar-refractivity contribution in [2.24, 2.45) is 0 Å². The van der Waals surface area contributed by atoms with Gasteiger partial charge in [-0.3, -0.25) is 9.59 Å². The highest BCUT2D eigenvalue weighted by atomic mass is 16.5. The summed E-state index contributed by atoms with van der Waals surface area (Å²) in [6, 6.07) is 5.18. The molecule has 2 aromatic rings. The van der Waals surface area contributed by atoms with E-state index in [0.29, 0.717) is 35.9 Å². The third kappa shape index (κ3) is 4.66. The summed E-state index contributed by atoms with van der Waals surface area (Å²) in [7, 11) is 2.97. The van der Waals surface area contributed by atoms with Crippen molar-refractivity contribution in [3.05, 3.63) is 29.5 Å². The predicted octanol–water partition coefficient (Wildman–Crippen LogP) is 4.02. The lowest BCUT2D eigenvalue weighted by Crippen LogP contribution is -2.31. The van der Waals surface area contributed by atoms with Crippen LogP contribution in [0.25, 0.3) is 10.9 Å². The number of fused-ring (bicyclic) bond motifs is 1. The largest absolute Gasteiger partial charge is 0.497 e. The van der Waals surface area contributed by atoms with Crippen LogP contribution >= 0.6 is 0 Å². The second-order valence-corrected chi connectivity index (χ2v) is 7.73. The SMILES string of the molecule is CC.COC(=O)C1CC(Oc2c(C3CCC3)nc3ccc(OC)cc3c2C(C)=O)CN1. The van der Waals surface area contributed by atoms with Crippen molar-refractivity contribution in [1.82, 2.24) is 10.3 Å². The van der Waals surface area contributed by atoms with Gasteiger partial charge in [-0.25, -0.2) is 4.98 Å². The fraction of sp³-hybridized carbons (Fsp3) is 0.542. The number of aromatic nitrogens is 1. The number of Topliss-reactive ketones (excluding diaryl/α,β-unsaturated/α-hetero) is 1. The number of benzene rings is 1. The Hall–Kier alpha value is -2.67. The number of esters is 1. The number of nitrogens with zero attached hydrogens (tertiary/aromatic N) is 1. The average Bonchev–Trinajstić information content (AvgIpc) is 3.21. The number of rotatable bonds is 6. The first-order valence-electron chi connectivity index (χ1n) is 11.0. The third-order valence-electron chi connectivity index (χ3n) is 5.88. The van der Waals surface area contributed by atoms with E-state index in [9.17, 15) is 9.59 Å². The maximum absolute atomic E-state index is 12.7. The monoisotopic (exact) mass is 428 g/mol. The second-order valence-electron chi connectivity index (χ2n) is 7.73. The van der Waals surface area contributed by atoms with Gasteiger partial charge < -0.3 is 19.5 Å². The van der Waals surface area contributed by atoms with E-state index >= 15 is 0 Å². The molecule has 31 heavy (non-hydrogen) atoms. The highest BCUT2D eigenvalue weighted by Gasteiger charge is 2.35. The predicted molar refractivity (Wildman–Crippen MR) is 119 cm³/mol. The Morgan fingerprint density at radius 2 is 1.90 bits per heavy atom. The standard InChI is InChI=1S/C22H26N2O5.C2H6/c1-12(25)19-16-9-14(27-2)7-8-17(16)24-20(13-5-4-6-13)21(19)29-15-10-18(23-11-15)22(26)28-3;1-2/h7-9,13,15,18,23H,4-6,10-11H2,1-3H3;1-2H3. The molecule has 1 saturated carbocycles. The van der Waals surface area contributed by atoms with E-state index in [-0.39, 0.29) is 17.9 Å². The smallest absolute Gasteiger partial charge is 0.323 e. The number of ketones is 1. The van der Waals surface area contributed by atoms with E-state index in [1.165, 1.54) is 7.11 Å². The number of pyridine rings is 1. The van der Waals surface area contributed by atoms with E-state index in [1.54, 1.807) is 14.0 Å². The van der Waals surface area contributed by atoms with Gasteiger partial charge in [0.05, 0.1) is 31.0 Å². The van der Waals surface area contributed by atoms with Crippen molar-refractivity contribution in [3.8, 4) is 11.5 Å². The first-order valence-corrected chi connectivity index (χ1v) is 11.0. The van der Waals surface area contributed by atoms with Gasteiger partial charge in [-0.15, -0.1) is 0 Å². The molecule has 168 valence electrons. The maximum atomic E-state index is 12.7. The zero-order chi connectivity index (χ0) is 22.5. The number of hydrogen-bond acceptors (Lipinski definition) is 7. The molecule has 1 N–H and O–H groups in total. The van der Waals surface area contributed by atoms with Crippen molar-refractivity contribution in [2.45, 2.75) is 64.5 Å². The van der Waals surface area contributed by atoms with E-state index in [2.05, 4.69) is 5.32 Å². The van der Waals surface area contributed by atoms with Gasteiger partial charge in [0.1, 0.15) is 17.9 Å². The van der Waals surface area contributed by atoms with E-state index in [4.69, 9.17) is 19.2 Å². The van der Waals surface area contributed by atoms with Crippen molar-refractivity contribution < 1.29 is 23.8 Å². The molecule has 2 fully saturated rings. The summed E-state index contributed by atoms with van der Waals surface area (Å²) < 4.78 is 16.5. The summed E-state index contributed by atoms with van der Waals surface area (Å²) in [6.45, 7) is 6.06. The van der Waals surface area contributed by atoms with Crippen LogP contribution in [-0.4, -0.2) is 49.6 Å². The Balaban J connectivity index is 0.00000132. The summed E-state index contributed by atoms with van der Waals surface area (Å²) in [5, 5.41) is 3.86. The summed E-state index contributed by atoms with van der Waals surface area (Å²) in [5.41, 5.74) is 2.15. The van der Waals surface area contributed by atoms with E-state index < -0.39 is 6.04 Å². The molecule has 7 heteroatoms. The molecular weight excluding hydrogens is 396 g/mol. The van der Waals surface area contributed by atoms with Crippen LogP contribution in [0, 0.1) is 0 Å². The molecule has 1 saturated heterocycles. The van der Waals surface area contributed by atoms with Crippen LogP contribution in [0.1, 0.15) is 68.4 Å². The number of carbonyl (C=O) groups excluding carboxylic acids is 2. The Kier molecular flexibility index (Phi) is 7.49. The van der Waals surface area contributed by atoms with Crippen LogP contribution in [-0.2, 0) is 9.53 Å². The van der Waals surface area contributed by atoms with Crippen LogP contribution in [0.3, 0.4) is 0 Å². The highest BCUT2D eigenvalue weighted by Crippen LogP contribution is 2.44. The first-order chi connectivity index (χ1) is 15.0. The van der Waals surface area contributed by atoms with Gasteiger partial charge in [-0.1, -0.05) is 20.3 Å². The molecule has 2 atom stereocenters. The van der Waals surface area contributed by atoms with Crippen molar-refractivity contribution in [1.29, 1.82) is 0 Å². The minimum absolute atomic E-state index is 0.0725. The first kappa shape index (κ1) is 23.0. The molecule has 0 amide bonds. The lowest BCUT2D eigenvalue weighted by atomic mass is 9.81. The summed E-state index contributed by atoms with van der Waals surface area (Å²) in [4.78, 5) is 29.4. The van der Waals surface area contributed by atoms with Crippen LogP contribution < -0.4 is 14.8 Å². The van der Waals surface area contributed by atoms with Crippen LogP contribution in [0.15, 0.2) is 18.2 Å². The van der Waals surface area contributed by atoms with Gasteiger partial charge in [-0.2, -0.15) is 0 Å². The van der Waals surface area contributed by atoms with Gasteiger partial charge in [0.15, 0.2) is 11.5 Å². The highest BCUT2D eigenvalue weighted by molar-refractivity contribution is 6.09. The average molecular weight is 429 g/mol. The molecule has 4 rings (SSSR count). The Labute approximate surface area is 183 Å². The van der Waals surface area contributed by atoms with Gasteiger partial charge in [0, 0.05) is 24.3 Å². The molecule has 1 aliphatic carbocycles. The normalized spacial score (nSPS) is 20.4. The minimum atomic E-state index is -0.397. The number of ether oxygens (including phenoxy) is 3. The lowest BCUT2D eigenvalue weighted by Gasteiger charge is -2.29. The molecule has 1 aliphatic heterocycles. The summed E-state index contributed by atoms with van der Waals surface area (Å²) in [5.74, 6) is 1.14. The summed E-state index contributed by atoms with van der Waals surface area (Å²) in [6.07, 6.45) is 3.48. The minimum Gasteiger partial charge on any atom is -0.497 e. The van der Waals surface area contributed by atoms with Gasteiger partial charge >= 0.3 is 5.97 Å². The maximum Gasteiger partial charge on any atom is 0.323 e.